The minimum Gasteiger partial charge on any atom is -0.310 e. The summed E-state index contributed by atoms with van der Waals surface area (Å²) in [6.07, 6.45) is 1.98. The monoisotopic (exact) mass is 791 g/mol. The van der Waals surface area contributed by atoms with Crippen molar-refractivity contribution in [3.05, 3.63) is 132 Å². The molecule has 10 aromatic rings. The lowest BCUT2D eigenvalue weighted by atomic mass is 9.33. The van der Waals surface area contributed by atoms with Crippen LogP contribution >= 0.6 is 0 Å². The number of hydrogen-bond acceptors (Lipinski definition) is 1. The van der Waals surface area contributed by atoms with Gasteiger partial charge < -0.3 is 9.13 Å². The number of fused-ring (bicyclic) bond motifs is 17. The van der Waals surface area contributed by atoms with Crippen LogP contribution in [0.1, 0.15) is 105 Å². The summed E-state index contributed by atoms with van der Waals surface area (Å²) in [5, 5.41) is 11.6. The van der Waals surface area contributed by atoms with Crippen molar-refractivity contribution >= 4 is 99.2 Å². The molecular formula is C57H54BN3. The molecule has 3 nitrogen and oxygen atoms in total. The Balaban J connectivity index is 1.40. The average Bonchev–Trinajstić information content (AvgIpc) is 3.72. The number of hydrogen-bond donors (Lipinski definition) is 0. The molecule has 0 bridgehead atoms. The Kier molecular flexibility index (Phi) is 6.98. The summed E-state index contributed by atoms with van der Waals surface area (Å²) in [5.74, 6) is 0. The lowest BCUT2D eigenvalue weighted by Crippen LogP contribution is -2.59. The molecule has 0 fully saturated rings. The second-order valence-corrected chi connectivity index (χ2v) is 22.5. The van der Waals surface area contributed by atoms with E-state index in [9.17, 15) is 0 Å². The molecule has 0 unspecified atom stereocenters. The summed E-state index contributed by atoms with van der Waals surface area (Å²) in [4.78, 5) is 5.24. The van der Waals surface area contributed by atoms with E-state index < -0.39 is 0 Å². The van der Waals surface area contributed by atoms with Crippen LogP contribution in [-0.4, -0.2) is 20.8 Å². The summed E-state index contributed by atoms with van der Waals surface area (Å²) in [6.45, 7) is 28.3. The Bertz CT molecular complexity index is 3620. The van der Waals surface area contributed by atoms with Gasteiger partial charge in [0.05, 0.1) is 22.2 Å². The standard InChI is InChI=1S/C57H54BN3/c1-54(2,3)31-19-21-45-38(24-31)40-26-33(56(7,8)9)28-43-51(40)60(45)47-30-42-48(36-17-14-13-16-35(36)37-18-15-23-59-50(37)42)53-49(47)58(43)44-29-34(57(10,11)12)27-41-39-25-32(55(4,5)6)20-22-46(39)61(53)52(41)44/h13-30H,1-12H3. The average molecular weight is 792 g/mol. The largest absolute Gasteiger partial charge is 0.310 e. The first kappa shape index (κ1) is 36.9. The lowest BCUT2D eigenvalue weighted by molar-refractivity contribution is 0.590. The third-order valence-corrected chi connectivity index (χ3v) is 14.5. The molecule has 0 amide bonds. The van der Waals surface area contributed by atoms with Crippen LogP contribution < -0.4 is 16.4 Å². The van der Waals surface area contributed by atoms with Crippen LogP contribution in [0.5, 0.6) is 0 Å². The highest BCUT2D eigenvalue weighted by Gasteiger charge is 2.43. The van der Waals surface area contributed by atoms with Gasteiger partial charge >= 0.3 is 0 Å². The molecule has 0 saturated carbocycles. The summed E-state index contributed by atoms with van der Waals surface area (Å²) in [5.41, 5.74) is 18.4. The van der Waals surface area contributed by atoms with Crippen LogP contribution in [0.2, 0.25) is 0 Å². The van der Waals surface area contributed by atoms with E-state index in [1.165, 1.54) is 121 Å². The van der Waals surface area contributed by atoms with Gasteiger partial charge in [-0.1, -0.05) is 138 Å². The summed E-state index contributed by atoms with van der Waals surface area (Å²) in [6, 6.07) is 40.8. The van der Waals surface area contributed by atoms with E-state index in [0.29, 0.717) is 0 Å². The van der Waals surface area contributed by atoms with Crippen molar-refractivity contribution in [1.82, 2.24) is 14.1 Å². The number of rotatable bonds is 0. The second-order valence-electron chi connectivity index (χ2n) is 22.5. The molecule has 2 aliphatic heterocycles. The third kappa shape index (κ3) is 4.85. The number of nitrogens with zero attached hydrogens (tertiary/aromatic N) is 3. The van der Waals surface area contributed by atoms with Crippen molar-refractivity contribution in [2.75, 3.05) is 0 Å². The van der Waals surface area contributed by atoms with Crippen LogP contribution in [0.15, 0.2) is 109 Å². The van der Waals surface area contributed by atoms with Gasteiger partial charge in [0.15, 0.2) is 0 Å². The van der Waals surface area contributed by atoms with Crippen LogP contribution in [0.4, 0.5) is 0 Å². The highest BCUT2D eigenvalue weighted by Crippen LogP contribution is 2.47. The van der Waals surface area contributed by atoms with E-state index in [1.807, 2.05) is 6.20 Å². The third-order valence-electron chi connectivity index (χ3n) is 14.5. The van der Waals surface area contributed by atoms with Crippen LogP contribution in [-0.2, 0) is 21.7 Å². The van der Waals surface area contributed by atoms with Gasteiger partial charge in [-0.05, 0) is 120 Å². The summed E-state index contributed by atoms with van der Waals surface area (Å²) < 4.78 is 5.34. The fraction of sp³-hybridized carbons (Fsp3) is 0.281. The van der Waals surface area contributed by atoms with E-state index in [-0.39, 0.29) is 28.4 Å². The molecule has 0 radical (unpaired) electrons. The fourth-order valence-corrected chi connectivity index (χ4v) is 11.2. The van der Waals surface area contributed by atoms with Crippen molar-refractivity contribution in [2.45, 2.75) is 105 Å². The predicted molar refractivity (Wildman–Crippen MR) is 265 cm³/mol. The SMILES string of the molecule is CC(C)(C)c1ccc2c(c1)c1cc(C(C)(C)C)cc3c1n2-c1cc2c4ncccc4c4ccccc4c2c2c1B3c1cc(C(C)(C)C)cc3c4cc(C(C)(C)C)ccc4n-2c13. The Hall–Kier alpha value is -5.87. The van der Waals surface area contributed by atoms with Gasteiger partial charge in [-0.2, -0.15) is 0 Å². The molecule has 300 valence electrons. The Morgan fingerprint density at radius 3 is 1.48 bits per heavy atom. The maximum atomic E-state index is 5.24. The van der Waals surface area contributed by atoms with E-state index in [2.05, 4.69) is 195 Å². The number of pyridine rings is 1. The quantitative estimate of drug-likeness (QED) is 0.111. The molecule has 0 aliphatic carbocycles. The van der Waals surface area contributed by atoms with Crippen LogP contribution in [0.25, 0.3) is 87.4 Å². The van der Waals surface area contributed by atoms with Crippen molar-refractivity contribution < 1.29 is 0 Å². The lowest BCUT2D eigenvalue weighted by Gasteiger charge is -2.36. The van der Waals surface area contributed by atoms with E-state index in [0.717, 1.165) is 5.52 Å². The van der Waals surface area contributed by atoms with Crippen LogP contribution in [0.3, 0.4) is 0 Å². The molecule has 4 heteroatoms. The Labute approximate surface area is 359 Å². The summed E-state index contributed by atoms with van der Waals surface area (Å²) >= 11 is 0. The zero-order valence-corrected chi connectivity index (χ0v) is 37.8. The van der Waals surface area contributed by atoms with Gasteiger partial charge in [-0.3, -0.25) is 4.98 Å². The molecule has 0 N–H and O–H groups in total. The topological polar surface area (TPSA) is 22.8 Å². The maximum absolute atomic E-state index is 5.24. The highest BCUT2D eigenvalue weighted by atomic mass is 15.0. The van der Waals surface area contributed by atoms with E-state index in [1.54, 1.807) is 0 Å². The molecule has 61 heavy (non-hydrogen) atoms. The summed E-state index contributed by atoms with van der Waals surface area (Å²) in [7, 11) is 0. The molecule has 0 spiro atoms. The smallest absolute Gasteiger partial charge is 0.252 e. The zero-order valence-electron chi connectivity index (χ0n) is 37.8. The minimum atomic E-state index is -0.0521. The van der Waals surface area contributed by atoms with Gasteiger partial charge in [0.2, 0.25) is 0 Å². The van der Waals surface area contributed by atoms with Gasteiger partial charge in [-0.25, -0.2) is 0 Å². The molecule has 0 atom stereocenters. The van der Waals surface area contributed by atoms with Gasteiger partial charge in [0.1, 0.15) is 0 Å². The normalized spacial score (nSPS) is 14.2. The fourth-order valence-electron chi connectivity index (χ4n) is 11.2. The predicted octanol–water partition coefficient (Wildman–Crippen LogP) is 13.1. The first-order valence-electron chi connectivity index (χ1n) is 22.3. The molecule has 12 rings (SSSR count). The first-order valence-corrected chi connectivity index (χ1v) is 22.3. The Morgan fingerprint density at radius 1 is 0.426 bits per heavy atom. The molecule has 2 aliphatic rings. The minimum absolute atomic E-state index is 0.00766. The van der Waals surface area contributed by atoms with E-state index >= 15 is 0 Å². The molecule has 7 aromatic carbocycles. The highest BCUT2D eigenvalue weighted by molar-refractivity contribution is 7.00. The van der Waals surface area contributed by atoms with Gasteiger partial charge in [-0.15, -0.1) is 0 Å². The molecule has 3 aromatic heterocycles. The van der Waals surface area contributed by atoms with Gasteiger partial charge in [0, 0.05) is 60.6 Å². The number of aromatic nitrogens is 3. The van der Waals surface area contributed by atoms with Gasteiger partial charge in [0.25, 0.3) is 6.71 Å². The molecule has 0 saturated heterocycles. The first-order chi connectivity index (χ1) is 28.8. The maximum Gasteiger partial charge on any atom is 0.252 e. The number of benzene rings is 7. The van der Waals surface area contributed by atoms with Crippen molar-refractivity contribution in [3.63, 3.8) is 0 Å². The molecule has 5 heterocycles. The van der Waals surface area contributed by atoms with Crippen LogP contribution in [0, 0.1) is 0 Å². The van der Waals surface area contributed by atoms with E-state index in [4.69, 9.17) is 4.98 Å². The van der Waals surface area contributed by atoms with Crippen molar-refractivity contribution in [1.29, 1.82) is 0 Å². The second kappa shape index (κ2) is 11.5. The van der Waals surface area contributed by atoms with Crippen molar-refractivity contribution in [2.24, 2.45) is 0 Å². The molecular weight excluding hydrogens is 737 g/mol. The Morgan fingerprint density at radius 2 is 0.918 bits per heavy atom. The zero-order chi connectivity index (χ0) is 42.4. The van der Waals surface area contributed by atoms with Crippen molar-refractivity contribution in [3.8, 4) is 11.4 Å².